The lowest BCUT2D eigenvalue weighted by molar-refractivity contribution is -0.121. The van der Waals surface area contributed by atoms with Crippen molar-refractivity contribution in [2.75, 3.05) is 6.54 Å². The van der Waals surface area contributed by atoms with Gasteiger partial charge in [-0.1, -0.05) is 30.3 Å². The number of para-hydroxylation sites is 1. The summed E-state index contributed by atoms with van der Waals surface area (Å²) in [5, 5.41) is 9.18. The SMILES string of the molecule is NS(=O)(=O)c1ccc(CCNC(=O)CCCc2c[nH]c3ccccc23)cc1. The number of sulfonamides is 1. The van der Waals surface area contributed by atoms with Crippen molar-refractivity contribution in [3.05, 3.63) is 65.9 Å². The molecule has 142 valence electrons. The van der Waals surface area contributed by atoms with Crippen molar-refractivity contribution in [3.8, 4) is 0 Å². The molecule has 0 saturated carbocycles. The number of H-pyrrole nitrogens is 1. The molecule has 3 rings (SSSR count). The lowest BCUT2D eigenvalue weighted by atomic mass is 10.1. The number of nitrogens with two attached hydrogens (primary N) is 1. The molecular formula is C20H23N3O3S. The zero-order chi connectivity index (χ0) is 19.3. The molecule has 1 amide bonds. The van der Waals surface area contributed by atoms with Gasteiger partial charge in [0.2, 0.25) is 15.9 Å². The minimum atomic E-state index is -3.67. The van der Waals surface area contributed by atoms with E-state index in [1.165, 1.54) is 23.1 Å². The minimum absolute atomic E-state index is 0.0241. The Morgan fingerprint density at radius 3 is 2.52 bits per heavy atom. The molecule has 0 fully saturated rings. The third-order valence-corrected chi connectivity index (χ3v) is 5.44. The number of fused-ring (bicyclic) bond motifs is 1. The molecule has 2 aromatic carbocycles. The summed E-state index contributed by atoms with van der Waals surface area (Å²) >= 11 is 0. The van der Waals surface area contributed by atoms with Crippen LogP contribution in [0, 0.1) is 0 Å². The highest BCUT2D eigenvalue weighted by Crippen LogP contribution is 2.19. The molecule has 0 saturated heterocycles. The summed E-state index contributed by atoms with van der Waals surface area (Å²) in [4.78, 5) is 15.3. The van der Waals surface area contributed by atoms with E-state index in [0.717, 1.165) is 23.9 Å². The summed E-state index contributed by atoms with van der Waals surface area (Å²) in [6, 6.07) is 14.5. The molecule has 3 aromatic rings. The number of aromatic nitrogens is 1. The molecule has 0 radical (unpaired) electrons. The van der Waals surface area contributed by atoms with Gasteiger partial charge in [0.15, 0.2) is 0 Å². The van der Waals surface area contributed by atoms with Crippen molar-refractivity contribution in [2.45, 2.75) is 30.6 Å². The van der Waals surface area contributed by atoms with Crippen LogP contribution < -0.4 is 10.5 Å². The van der Waals surface area contributed by atoms with Gasteiger partial charge in [0.25, 0.3) is 0 Å². The van der Waals surface area contributed by atoms with Gasteiger partial charge in [0, 0.05) is 30.1 Å². The highest BCUT2D eigenvalue weighted by molar-refractivity contribution is 7.89. The molecule has 0 spiro atoms. The van der Waals surface area contributed by atoms with E-state index < -0.39 is 10.0 Å². The van der Waals surface area contributed by atoms with E-state index in [1.807, 2.05) is 24.4 Å². The third kappa shape index (κ3) is 5.18. The van der Waals surface area contributed by atoms with E-state index in [9.17, 15) is 13.2 Å². The van der Waals surface area contributed by atoms with E-state index in [1.54, 1.807) is 12.1 Å². The molecule has 0 aliphatic heterocycles. The molecule has 0 atom stereocenters. The zero-order valence-corrected chi connectivity index (χ0v) is 15.8. The standard InChI is InChI=1S/C20H23N3O3S/c21-27(25,26)17-10-8-15(9-11-17)12-13-22-20(24)7-3-4-16-14-23-19-6-2-1-5-18(16)19/h1-2,5-6,8-11,14,23H,3-4,7,12-13H2,(H,22,24)(H2,21,25,26). The summed E-state index contributed by atoms with van der Waals surface area (Å²) in [5.74, 6) is 0.0241. The number of primary sulfonamides is 1. The highest BCUT2D eigenvalue weighted by atomic mass is 32.2. The maximum atomic E-state index is 12.0. The highest BCUT2D eigenvalue weighted by Gasteiger charge is 2.08. The van der Waals surface area contributed by atoms with Gasteiger partial charge in [-0.2, -0.15) is 0 Å². The van der Waals surface area contributed by atoms with Crippen molar-refractivity contribution < 1.29 is 13.2 Å². The van der Waals surface area contributed by atoms with Crippen LogP contribution in [0.25, 0.3) is 10.9 Å². The number of rotatable bonds is 8. The van der Waals surface area contributed by atoms with Crippen molar-refractivity contribution in [1.82, 2.24) is 10.3 Å². The Bertz CT molecular complexity index is 1020. The lowest BCUT2D eigenvalue weighted by Crippen LogP contribution is -2.25. The Kier molecular flexibility index (Phi) is 5.93. The van der Waals surface area contributed by atoms with Gasteiger partial charge in [0.05, 0.1) is 4.90 Å². The number of carbonyl (C=O) groups excluding carboxylic acids is 1. The number of aromatic amines is 1. The summed E-state index contributed by atoms with van der Waals surface area (Å²) in [6.07, 6.45) is 4.76. The van der Waals surface area contributed by atoms with E-state index in [4.69, 9.17) is 5.14 Å². The molecule has 1 heterocycles. The number of benzene rings is 2. The number of aryl methyl sites for hydroxylation is 1. The van der Waals surface area contributed by atoms with Crippen molar-refractivity contribution in [1.29, 1.82) is 0 Å². The second-order valence-electron chi connectivity index (χ2n) is 6.50. The normalized spacial score (nSPS) is 11.6. The number of carbonyl (C=O) groups is 1. The number of hydrogen-bond donors (Lipinski definition) is 3. The Morgan fingerprint density at radius 2 is 1.78 bits per heavy atom. The average molecular weight is 385 g/mol. The van der Waals surface area contributed by atoms with Crippen molar-refractivity contribution >= 4 is 26.8 Å². The molecule has 0 aliphatic rings. The molecule has 1 aromatic heterocycles. The Labute approximate surface area is 158 Å². The third-order valence-electron chi connectivity index (χ3n) is 4.51. The molecule has 27 heavy (non-hydrogen) atoms. The minimum Gasteiger partial charge on any atom is -0.361 e. The molecule has 0 aliphatic carbocycles. The second kappa shape index (κ2) is 8.37. The summed E-state index contributed by atoms with van der Waals surface area (Å²) in [6.45, 7) is 0.515. The van der Waals surface area contributed by atoms with E-state index in [0.29, 0.717) is 19.4 Å². The molecule has 4 N–H and O–H groups in total. The van der Waals surface area contributed by atoms with Crippen LogP contribution in [0.3, 0.4) is 0 Å². The second-order valence-corrected chi connectivity index (χ2v) is 8.06. The molecule has 0 bridgehead atoms. The Balaban J connectivity index is 1.40. The maximum absolute atomic E-state index is 12.0. The topological polar surface area (TPSA) is 105 Å². The first-order chi connectivity index (χ1) is 12.9. The predicted molar refractivity (Wildman–Crippen MR) is 106 cm³/mol. The lowest BCUT2D eigenvalue weighted by Gasteiger charge is -2.06. The molecule has 6 nitrogen and oxygen atoms in total. The van der Waals surface area contributed by atoms with Crippen LogP contribution in [0.5, 0.6) is 0 Å². The fraction of sp³-hybridized carbons (Fsp3) is 0.250. The van der Waals surface area contributed by atoms with Crippen LogP contribution >= 0.6 is 0 Å². The van der Waals surface area contributed by atoms with Gasteiger partial charge in [-0.25, -0.2) is 13.6 Å². The van der Waals surface area contributed by atoms with Crippen molar-refractivity contribution in [3.63, 3.8) is 0 Å². The largest absolute Gasteiger partial charge is 0.361 e. The smallest absolute Gasteiger partial charge is 0.238 e. The van der Waals surface area contributed by atoms with Gasteiger partial charge < -0.3 is 10.3 Å². The van der Waals surface area contributed by atoms with Crippen LogP contribution in [0.2, 0.25) is 0 Å². The van der Waals surface area contributed by atoms with Crippen LogP contribution in [0.15, 0.2) is 59.6 Å². The first-order valence-corrected chi connectivity index (χ1v) is 10.4. The fourth-order valence-electron chi connectivity index (χ4n) is 3.06. The first-order valence-electron chi connectivity index (χ1n) is 8.87. The van der Waals surface area contributed by atoms with E-state index in [-0.39, 0.29) is 10.8 Å². The van der Waals surface area contributed by atoms with Gasteiger partial charge >= 0.3 is 0 Å². The van der Waals surface area contributed by atoms with Gasteiger partial charge in [-0.3, -0.25) is 4.79 Å². The fourth-order valence-corrected chi connectivity index (χ4v) is 3.57. The summed E-state index contributed by atoms with van der Waals surface area (Å²) < 4.78 is 22.4. The summed E-state index contributed by atoms with van der Waals surface area (Å²) in [7, 11) is -3.67. The van der Waals surface area contributed by atoms with E-state index >= 15 is 0 Å². The van der Waals surface area contributed by atoms with Crippen LogP contribution in [0.1, 0.15) is 24.0 Å². The predicted octanol–water partition coefficient (Wildman–Crippen LogP) is 2.50. The number of hydrogen-bond acceptors (Lipinski definition) is 3. The van der Waals surface area contributed by atoms with Crippen LogP contribution in [-0.2, 0) is 27.7 Å². The van der Waals surface area contributed by atoms with Crippen LogP contribution in [0.4, 0.5) is 0 Å². The number of amides is 1. The van der Waals surface area contributed by atoms with Gasteiger partial charge in [0.1, 0.15) is 0 Å². The molecular weight excluding hydrogens is 362 g/mol. The summed E-state index contributed by atoms with van der Waals surface area (Å²) in [5.41, 5.74) is 3.29. The van der Waals surface area contributed by atoms with Crippen molar-refractivity contribution in [2.24, 2.45) is 5.14 Å². The first kappa shape index (κ1) is 19.1. The van der Waals surface area contributed by atoms with E-state index in [2.05, 4.69) is 16.4 Å². The monoisotopic (exact) mass is 385 g/mol. The van der Waals surface area contributed by atoms with Gasteiger partial charge in [-0.15, -0.1) is 0 Å². The number of nitrogens with one attached hydrogen (secondary N) is 2. The van der Waals surface area contributed by atoms with Gasteiger partial charge in [-0.05, 0) is 48.6 Å². The Morgan fingerprint density at radius 1 is 1.04 bits per heavy atom. The molecule has 7 heteroatoms. The zero-order valence-electron chi connectivity index (χ0n) is 14.9. The van der Waals surface area contributed by atoms with Crippen LogP contribution in [-0.4, -0.2) is 25.9 Å². The Hall–Kier alpha value is -2.64. The average Bonchev–Trinajstić information content (AvgIpc) is 3.05. The maximum Gasteiger partial charge on any atom is 0.238 e. The quantitative estimate of drug-likeness (QED) is 0.555. The molecule has 0 unspecified atom stereocenters.